The van der Waals surface area contributed by atoms with Gasteiger partial charge in [0, 0.05) is 18.5 Å². The van der Waals surface area contributed by atoms with Gasteiger partial charge in [-0.15, -0.1) is 10.2 Å². The van der Waals surface area contributed by atoms with Gasteiger partial charge < -0.3 is 13.9 Å². The zero-order valence-corrected chi connectivity index (χ0v) is 11.6. The summed E-state index contributed by atoms with van der Waals surface area (Å²) in [6.45, 7) is 3.76. The fourth-order valence-corrected chi connectivity index (χ4v) is 2.72. The number of carbonyl (C=O) groups excluding carboxylic acids is 1. The maximum Gasteiger partial charge on any atom is 0.290 e. The number of hydrogen-bond donors (Lipinski definition) is 0. The first-order chi connectivity index (χ1) is 10.2. The molecule has 0 aliphatic carbocycles. The highest BCUT2D eigenvalue weighted by molar-refractivity contribution is 5.96. The molecule has 1 aliphatic heterocycles. The summed E-state index contributed by atoms with van der Waals surface area (Å²) in [5, 5.41) is 9.11. The minimum atomic E-state index is -0.0990. The number of benzene rings is 1. The van der Waals surface area contributed by atoms with Crippen molar-refractivity contribution in [3.63, 3.8) is 0 Å². The van der Waals surface area contributed by atoms with Gasteiger partial charge in [0.1, 0.15) is 11.4 Å². The lowest BCUT2D eigenvalue weighted by molar-refractivity contribution is 0.0676. The minimum Gasteiger partial charge on any atom is -0.451 e. The SMILES string of the molecule is Cc1nnc2n1CCN(C(=O)c1cc3ccccc3o1)C2. The molecule has 4 rings (SSSR count). The molecule has 6 nitrogen and oxygen atoms in total. The second-order valence-corrected chi connectivity index (χ2v) is 5.19. The third-order valence-electron chi connectivity index (χ3n) is 3.86. The Morgan fingerprint density at radius 3 is 2.95 bits per heavy atom. The largest absolute Gasteiger partial charge is 0.451 e. The van der Waals surface area contributed by atoms with E-state index in [4.69, 9.17) is 4.42 Å². The number of amides is 1. The Morgan fingerprint density at radius 1 is 1.24 bits per heavy atom. The van der Waals surface area contributed by atoms with Crippen molar-refractivity contribution in [3.8, 4) is 0 Å². The highest BCUT2D eigenvalue weighted by atomic mass is 16.3. The fraction of sp³-hybridized carbons (Fsp3) is 0.267. The normalized spacial score (nSPS) is 14.4. The maximum absolute atomic E-state index is 12.6. The standard InChI is InChI=1S/C15H14N4O2/c1-10-16-17-14-9-18(6-7-19(10)14)15(20)13-8-11-4-2-3-5-12(11)21-13/h2-5,8H,6-7,9H2,1H3. The zero-order chi connectivity index (χ0) is 14.4. The van der Waals surface area contributed by atoms with E-state index in [1.165, 1.54) is 0 Å². The molecule has 21 heavy (non-hydrogen) atoms. The third kappa shape index (κ3) is 1.91. The number of furan rings is 1. The average Bonchev–Trinajstić information content (AvgIpc) is 3.10. The Kier molecular flexibility index (Phi) is 2.57. The topological polar surface area (TPSA) is 64.2 Å². The molecule has 0 radical (unpaired) electrons. The van der Waals surface area contributed by atoms with E-state index in [1.807, 2.05) is 35.8 Å². The van der Waals surface area contributed by atoms with E-state index in [0.717, 1.165) is 29.2 Å². The predicted octanol–water partition coefficient (Wildman–Crippen LogP) is 1.99. The monoisotopic (exact) mass is 282 g/mol. The van der Waals surface area contributed by atoms with Crippen molar-refractivity contribution < 1.29 is 9.21 Å². The van der Waals surface area contributed by atoms with Crippen molar-refractivity contribution in [1.29, 1.82) is 0 Å². The van der Waals surface area contributed by atoms with Gasteiger partial charge >= 0.3 is 0 Å². The van der Waals surface area contributed by atoms with Crippen LogP contribution in [0.15, 0.2) is 34.7 Å². The number of para-hydroxylation sites is 1. The van der Waals surface area contributed by atoms with E-state index >= 15 is 0 Å². The molecule has 0 spiro atoms. The van der Waals surface area contributed by atoms with Gasteiger partial charge in [-0.2, -0.15) is 0 Å². The van der Waals surface area contributed by atoms with Crippen molar-refractivity contribution in [2.24, 2.45) is 0 Å². The first-order valence-corrected chi connectivity index (χ1v) is 6.89. The van der Waals surface area contributed by atoms with Crippen LogP contribution in [0.3, 0.4) is 0 Å². The lowest BCUT2D eigenvalue weighted by atomic mass is 10.2. The van der Waals surface area contributed by atoms with Gasteiger partial charge in [-0.25, -0.2) is 0 Å². The molecule has 1 aromatic carbocycles. The molecule has 1 aliphatic rings. The molecule has 0 unspecified atom stereocenters. The molecule has 1 amide bonds. The number of carbonyl (C=O) groups is 1. The Labute approximate surface area is 121 Å². The molecule has 0 bridgehead atoms. The molecule has 2 aromatic heterocycles. The highest BCUT2D eigenvalue weighted by Gasteiger charge is 2.26. The molecule has 0 N–H and O–H groups in total. The van der Waals surface area contributed by atoms with Crippen LogP contribution in [0.2, 0.25) is 0 Å². The molecule has 3 heterocycles. The zero-order valence-electron chi connectivity index (χ0n) is 11.6. The van der Waals surface area contributed by atoms with Gasteiger partial charge in [0.25, 0.3) is 5.91 Å². The minimum absolute atomic E-state index is 0.0990. The van der Waals surface area contributed by atoms with Crippen LogP contribution in [0.4, 0.5) is 0 Å². The van der Waals surface area contributed by atoms with Crippen molar-refractivity contribution in [2.75, 3.05) is 6.54 Å². The van der Waals surface area contributed by atoms with Crippen molar-refractivity contribution in [2.45, 2.75) is 20.0 Å². The number of aromatic nitrogens is 3. The van der Waals surface area contributed by atoms with E-state index in [-0.39, 0.29) is 5.91 Å². The number of nitrogens with zero attached hydrogens (tertiary/aromatic N) is 4. The van der Waals surface area contributed by atoms with Crippen LogP contribution >= 0.6 is 0 Å². The van der Waals surface area contributed by atoms with E-state index in [2.05, 4.69) is 10.2 Å². The van der Waals surface area contributed by atoms with Gasteiger partial charge in [-0.05, 0) is 19.1 Å². The van der Waals surface area contributed by atoms with Gasteiger partial charge in [0.15, 0.2) is 11.6 Å². The maximum atomic E-state index is 12.6. The van der Waals surface area contributed by atoms with Crippen molar-refractivity contribution in [3.05, 3.63) is 47.7 Å². The quantitative estimate of drug-likeness (QED) is 0.684. The van der Waals surface area contributed by atoms with Crippen LogP contribution in [0.1, 0.15) is 22.2 Å². The van der Waals surface area contributed by atoms with Crippen LogP contribution in [0.25, 0.3) is 11.0 Å². The predicted molar refractivity (Wildman–Crippen MR) is 75.7 cm³/mol. The lowest BCUT2D eigenvalue weighted by Gasteiger charge is -2.26. The summed E-state index contributed by atoms with van der Waals surface area (Å²) in [6.07, 6.45) is 0. The summed E-state index contributed by atoms with van der Waals surface area (Å²) >= 11 is 0. The van der Waals surface area contributed by atoms with Crippen LogP contribution in [-0.4, -0.2) is 32.1 Å². The van der Waals surface area contributed by atoms with Gasteiger partial charge in [-0.1, -0.05) is 18.2 Å². The number of hydrogen-bond acceptors (Lipinski definition) is 4. The average molecular weight is 282 g/mol. The molecule has 3 aromatic rings. The van der Waals surface area contributed by atoms with Crippen LogP contribution in [-0.2, 0) is 13.1 Å². The lowest BCUT2D eigenvalue weighted by Crippen LogP contribution is -2.38. The molecular weight excluding hydrogens is 268 g/mol. The van der Waals surface area contributed by atoms with Crippen LogP contribution in [0.5, 0.6) is 0 Å². The van der Waals surface area contributed by atoms with E-state index in [0.29, 0.717) is 18.8 Å². The molecule has 0 atom stereocenters. The Balaban J connectivity index is 1.63. The Bertz CT molecular complexity index is 800. The summed E-state index contributed by atoms with van der Waals surface area (Å²) < 4.78 is 7.69. The number of rotatable bonds is 1. The molecule has 6 heteroatoms. The molecule has 0 saturated heterocycles. The molecule has 0 saturated carbocycles. The van der Waals surface area contributed by atoms with E-state index in [9.17, 15) is 4.79 Å². The molecular formula is C15H14N4O2. The second kappa shape index (κ2) is 4.44. The Morgan fingerprint density at radius 2 is 2.10 bits per heavy atom. The van der Waals surface area contributed by atoms with Crippen molar-refractivity contribution >= 4 is 16.9 Å². The first kappa shape index (κ1) is 12.1. The first-order valence-electron chi connectivity index (χ1n) is 6.89. The van der Waals surface area contributed by atoms with Gasteiger partial charge in [0.2, 0.25) is 0 Å². The second-order valence-electron chi connectivity index (χ2n) is 5.19. The summed E-state index contributed by atoms with van der Waals surface area (Å²) in [6, 6.07) is 9.42. The van der Waals surface area contributed by atoms with Crippen LogP contribution in [0, 0.1) is 6.92 Å². The van der Waals surface area contributed by atoms with Gasteiger partial charge in [0.05, 0.1) is 6.54 Å². The third-order valence-corrected chi connectivity index (χ3v) is 3.86. The van der Waals surface area contributed by atoms with E-state index in [1.54, 1.807) is 11.0 Å². The van der Waals surface area contributed by atoms with Crippen molar-refractivity contribution in [1.82, 2.24) is 19.7 Å². The van der Waals surface area contributed by atoms with Gasteiger partial charge in [-0.3, -0.25) is 4.79 Å². The summed E-state index contributed by atoms with van der Waals surface area (Å²) in [5.74, 6) is 1.99. The summed E-state index contributed by atoms with van der Waals surface area (Å²) in [4.78, 5) is 14.3. The summed E-state index contributed by atoms with van der Waals surface area (Å²) in [7, 11) is 0. The Hall–Kier alpha value is -2.63. The summed E-state index contributed by atoms with van der Waals surface area (Å²) in [5.41, 5.74) is 0.733. The van der Waals surface area contributed by atoms with E-state index < -0.39 is 0 Å². The highest BCUT2D eigenvalue weighted by Crippen LogP contribution is 2.21. The smallest absolute Gasteiger partial charge is 0.290 e. The molecule has 0 fully saturated rings. The number of aryl methyl sites for hydroxylation is 1. The van der Waals surface area contributed by atoms with Crippen LogP contribution < -0.4 is 0 Å². The number of fused-ring (bicyclic) bond motifs is 2. The fourth-order valence-electron chi connectivity index (χ4n) is 2.72. The molecule has 106 valence electrons.